The van der Waals surface area contributed by atoms with Crippen molar-refractivity contribution in [3.05, 3.63) is 170 Å². The number of allylic oxidation sites excluding steroid dienone is 28. The third kappa shape index (κ3) is 62.4. The molecule has 0 spiro atoms. The maximum absolute atomic E-state index is 12.7. The van der Waals surface area contributed by atoms with Crippen LogP contribution in [-0.2, 0) is 32.7 Å². The van der Waals surface area contributed by atoms with Crippen molar-refractivity contribution in [1.82, 2.24) is 0 Å². The van der Waals surface area contributed by atoms with Crippen LogP contribution in [-0.4, -0.2) is 49.3 Å². The third-order valence-corrected chi connectivity index (χ3v) is 13.1. The zero-order chi connectivity index (χ0) is 57.3. The van der Waals surface area contributed by atoms with Gasteiger partial charge in [0.1, 0.15) is 6.61 Å². The molecule has 3 N–H and O–H groups in total. The summed E-state index contributed by atoms with van der Waals surface area (Å²) in [7, 11) is -4.41. The average molecular weight is 1110 g/mol. The first-order valence-electron chi connectivity index (χ1n) is 30.6. The van der Waals surface area contributed by atoms with Gasteiger partial charge in [0.2, 0.25) is 0 Å². The molecule has 2 atom stereocenters. The van der Waals surface area contributed by atoms with Crippen LogP contribution in [0.1, 0.15) is 219 Å². The zero-order valence-electron chi connectivity index (χ0n) is 49.5. The molecule has 0 heterocycles. The Bertz CT molecular complexity index is 1890. The predicted molar refractivity (Wildman–Crippen MR) is 339 cm³/mol. The summed E-state index contributed by atoms with van der Waals surface area (Å²) in [6, 6.07) is 0. The second-order valence-corrected chi connectivity index (χ2v) is 20.9. The number of unbranched alkanes of at least 4 members (excludes halogenated alkanes) is 14. The molecule has 79 heavy (non-hydrogen) atoms. The van der Waals surface area contributed by atoms with Crippen LogP contribution >= 0.6 is 7.82 Å². The Morgan fingerprint density at radius 3 is 1.06 bits per heavy atom. The molecule has 0 radical (unpaired) electrons. The molecule has 0 rings (SSSR count). The van der Waals surface area contributed by atoms with E-state index < -0.39 is 32.5 Å². The second-order valence-electron chi connectivity index (χ2n) is 19.5. The number of esters is 2. The highest BCUT2D eigenvalue weighted by atomic mass is 31.2. The molecule has 0 aromatic heterocycles. The third-order valence-electron chi connectivity index (χ3n) is 12.1. The van der Waals surface area contributed by atoms with Crippen molar-refractivity contribution >= 4 is 19.8 Å². The van der Waals surface area contributed by atoms with E-state index >= 15 is 0 Å². The molecular weight excluding hydrogens is 1000 g/mol. The summed E-state index contributed by atoms with van der Waals surface area (Å²) in [6.07, 6.45) is 92.7. The van der Waals surface area contributed by atoms with Crippen LogP contribution < -0.4 is 5.73 Å². The number of carbonyl (C=O) groups excluding carboxylic acids is 2. The molecule has 0 aliphatic heterocycles. The monoisotopic (exact) mass is 1110 g/mol. The van der Waals surface area contributed by atoms with E-state index in [1.54, 1.807) is 0 Å². The van der Waals surface area contributed by atoms with Crippen LogP contribution in [0.3, 0.4) is 0 Å². The number of phosphoric acid groups is 1. The van der Waals surface area contributed by atoms with Crippen LogP contribution in [0.15, 0.2) is 170 Å². The second kappa shape index (κ2) is 62.6. The van der Waals surface area contributed by atoms with Gasteiger partial charge < -0.3 is 20.1 Å². The summed E-state index contributed by atoms with van der Waals surface area (Å²) in [5.41, 5.74) is 5.38. The van der Waals surface area contributed by atoms with Gasteiger partial charge in [-0.25, -0.2) is 4.57 Å². The molecule has 10 heteroatoms. The Hall–Kier alpha value is -4.63. The smallest absolute Gasteiger partial charge is 0.462 e. The molecule has 0 fully saturated rings. The Morgan fingerprint density at radius 2 is 0.696 bits per heavy atom. The number of ether oxygens (including phenoxy) is 2. The van der Waals surface area contributed by atoms with Gasteiger partial charge in [-0.2, -0.15) is 0 Å². The van der Waals surface area contributed by atoms with Crippen LogP contribution in [0.4, 0.5) is 0 Å². The van der Waals surface area contributed by atoms with E-state index in [4.69, 9.17) is 24.3 Å². The Morgan fingerprint density at radius 1 is 0.392 bits per heavy atom. The molecule has 0 saturated carbocycles. The van der Waals surface area contributed by atoms with Crippen molar-refractivity contribution in [2.45, 2.75) is 225 Å². The number of carbonyl (C=O) groups is 2. The number of hydrogen-bond donors (Lipinski definition) is 2. The van der Waals surface area contributed by atoms with Crippen molar-refractivity contribution in [3.63, 3.8) is 0 Å². The summed E-state index contributed by atoms with van der Waals surface area (Å²) in [5.74, 6) is -0.896. The molecule has 444 valence electrons. The van der Waals surface area contributed by atoms with Gasteiger partial charge in [0.25, 0.3) is 0 Å². The Labute approximate surface area is 482 Å². The summed E-state index contributed by atoms with van der Waals surface area (Å²) in [6.45, 7) is 3.53. The van der Waals surface area contributed by atoms with E-state index in [0.29, 0.717) is 12.8 Å². The molecule has 0 amide bonds. The predicted octanol–water partition coefficient (Wildman–Crippen LogP) is 19.8. The van der Waals surface area contributed by atoms with E-state index in [1.807, 2.05) is 0 Å². The first kappa shape index (κ1) is 74.4. The number of hydrogen-bond acceptors (Lipinski definition) is 8. The topological polar surface area (TPSA) is 134 Å². The van der Waals surface area contributed by atoms with E-state index in [9.17, 15) is 19.0 Å². The summed E-state index contributed by atoms with van der Waals surface area (Å²) < 4.78 is 33.0. The molecule has 0 aromatic rings. The van der Waals surface area contributed by atoms with Crippen molar-refractivity contribution in [2.75, 3.05) is 26.4 Å². The highest BCUT2D eigenvalue weighted by molar-refractivity contribution is 7.47. The SMILES string of the molecule is CC/C=C\C/C=C\C/C=C\C/C=C\C/C=C\C/C=C\C/C=C\C/C=C\C/C=C\C/C=C\C/C=C\C/C=C\CCCCC(=O)OC(COC(=O)CCCCCCCCCCC/C=C\C/C=C\CCCCC)COP(=O)(O)OCCN. The molecular formula is C69H110NO8P. The first-order chi connectivity index (χ1) is 38.8. The first-order valence-corrected chi connectivity index (χ1v) is 32.1. The fourth-order valence-electron chi connectivity index (χ4n) is 7.59. The normalized spacial score (nSPS) is 14.2. The maximum atomic E-state index is 12.7. The molecule has 2 unspecified atom stereocenters. The molecule has 0 bridgehead atoms. The maximum Gasteiger partial charge on any atom is 0.472 e. The van der Waals surface area contributed by atoms with Gasteiger partial charge in [-0.15, -0.1) is 0 Å². The lowest BCUT2D eigenvalue weighted by Crippen LogP contribution is -2.29. The quantitative estimate of drug-likeness (QED) is 0.0264. The number of nitrogens with two attached hydrogens (primary N) is 1. The Balaban J connectivity index is 4.11. The summed E-state index contributed by atoms with van der Waals surface area (Å²) in [5, 5.41) is 0. The number of rotatable bonds is 55. The minimum Gasteiger partial charge on any atom is -0.462 e. The minimum atomic E-state index is -4.41. The van der Waals surface area contributed by atoms with Crippen molar-refractivity contribution < 1.29 is 37.6 Å². The lowest BCUT2D eigenvalue weighted by atomic mass is 10.1. The van der Waals surface area contributed by atoms with Gasteiger partial charge in [0.05, 0.1) is 13.2 Å². The summed E-state index contributed by atoms with van der Waals surface area (Å²) >= 11 is 0. The standard InChI is InChI=1S/C69H110NO8P/c1-3-5-7-9-11-13-15-17-19-21-23-24-25-26-27-28-29-30-31-32-33-34-35-36-37-38-39-40-41-42-44-46-48-50-52-54-56-58-60-62-69(72)78-67(66-77-79(73,74)76-64-63-70)65-75-68(71)61-59-57-55-53-51-49-47-45-43-22-20-18-16-14-12-10-8-6-4-2/h5,7,11-14,17-20,23-24,26-27,29-30,32-33,35-36,38-39,41-42,46,48,52,54,67H,3-4,6,8-10,15-16,21-22,25,28,31,34,37,40,43-45,47,49-51,53,55-66,70H2,1-2H3,(H,73,74)/b7-5-,13-11-,14-12-,19-17-,20-18-,24-23-,27-26-,30-29-,33-32-,36-35-,39-38-,42-41-,48-46-,54-52-. The van der Waals surface area contributed by atoms with Gasteiger partial charge in [-0.1, -0.05) is 242 Å². The lowest BCUT2D eigenvalue weighted by Gasteiger charge is -2.19. The van der Waals surface area contributed by atoms with Crippen molar-refractivity contribution in [1.29, 1.82) is 0 Å². The van der Waals surface area contributed by atoms with Crippen molar-refractivity contribution in [3.8, 4) is 0 Å². The van der Waals surface area contributed by atoms with E-state index in [1.165, 1.54) is 57.8 Å². The average Bonchev–Trinajstić information content (AvgIpc) is 3.44. The lowest BCUT2D eigenvalue weighted by molar-refractivity contribution is -0.161. The summed E-state index contributed by atoms with van der Waals surface area (Å²) in [4.78, 5) is 35.2. The van der Waals surface area contributed by atoms with Gasteiger partial charge in [-0.05, 0) is 135 Å². The van der Waals surface area contributed by atoms with Crippen LogP contribution in [0, 0.1) is 0 Å². The highest BCUT2D eigenvalue weighted by Crippen LogP contribution is 2.43. The van der Waals surface area contributed by atoms with Gasteiger partial charge in [0, 0.05) is 19.4 Å². The molecule has 0 aromatic carbocycles. The Kier molecular flexibility index (Phi) is 58.9. The van der Waals surface area contributed by atoms with Crippen molar-refractivity contribution in [2.24, 2.45) is 5.73 Å². The van der Waals surface area contributed by atoms with Gasteiger partial charge in [-0.3, -0.25) is 18.6 Å². The van der Waals surface area contributed by atoms with Crippen LogP contribution in [0.5, 0.6) is 0 Å². The van der Waals surface area contributed by atoms with Crippen LogP contribution in [0.2, 0.25) is 0 Å². The molecule has 0 saturated heterocycles. The van der Waals surface area contributed by atoms with E-state index in [0.717, 1.165) is 122 Å². The molecule has 0 aliphatic rings. The zero-order valence-corrected chi connectivity index (χ0v) is 50.4. The van der Waals surface area contributed by atoms with Gasteiger partial charge in [0.15, 0.2) is 6.10 Å². The fourth-order valence-corrected chi connectivity index (χ4v) is 8.35. The van der Waals surface area contributed by atoms with Crippen LogP contribution in [0.25, 0.3) is 0 Å². The molecule has 9 nitrogen and oxygen atoms in total. The highest BCUT2D eigenvalue weighted by Gasteiger charge is 2.26. The number of phosphoric ester groups is 1. The molecule has 0 aliphatic carbocycles. The van der Waals surface area contributed by atoms with E-state index in [2.05, 4.69) is 184 Å². The fraction of sp³-hybridized carbons (Fsp3) is 0.565. The van der Waals surface area contributed by atoms with E-state index in [-0.39, 0.29) is 32.6 Å². The minimum absolute atomic E-state index is 0.0365. The largest absolute Gasteiger partial charge is 0.472 e. The van der Waals surface area contributed by atoms with Gasteiger partial charge >= 0.3 is 19.8 Å².